The predicted molar refractivity (Wildman–Crippen MR) is 104 cm³/mol. The first kappa shape index (κ1) is 18.9. The molecule has 0 aliphatic heterocycles. The lowest BCUT2D eigenvalue weighted by molar-refractivity contribution is -0.120. The third-order valence-corrected chi connectivity index (χ3v) is 5.10. The van der Waals surface area contributed by atoms with Crippen LogP contribution in [0.5, 0.6) is 5.75 Å². The van der Waals surface area contributed by atoms with Crippen LogP contribution in [0.2, 0.25) is 0 Å². The van der Waals surface area contributed by atoms with Crippen LogP contribution in [0.1, 0.15) is 25.5 Å². The molecule has 7 nitrogen and oxygen atoms in total. The van der Waals surface area contributed by atoms with Crippen molar-refractivity contribution in [2.45, 2.75) is 30.3 Å². The van der Waals surface area contributed by atoms with Crippen LogP contribution in [0, 0.1) is 0 Å². The molecule has 0 fully saturated rings. The zero-order valence-corrected chi connectivity index (χ0v) is 16.2. The Bertz CT molecular complexity index is 883. The van der Waals surface area contributed by atoms with Crippen molar-refractivity contribution in [1.82, 2.24) is 25.5 Å². The van der Waals surface area contributed by atoms with Crippen LogP contribution in [0.4, 0.5) is 0 Å². The van der Waals surface area contributed by atoms with Crippen molar-refractivity contribution in [3.05, 3.63) is 60.2 Å². The average molecular weight is 383 g/mol. The van der Waals surface area contributed by atoms with Gasteiger partial charge in [0.1, 0.15) is 5.75 Å². The van der Waals surface area contributed by atoms with Crippen LogP contribution in [0.25, 0.3) is 5.69 Å². The van der Waals surface area contributed by atoms with E-state index in [1.54, 1.807) is 11.8 Å². The second kappa shape index (κ2) is 8.68. The van der Waals surface area contributed by atoms with Crippen molar-refractivity contribution in [3.8, 4) is 11.4 Å². The minimum absolute atomic E-state index is 0.0689. The third-order valence-electron chi connectivity index (χ3n) is 4.07. The summed E-state index contributed by atoms with van der Waals surface area (Å²) in [5.74, 6) is 0.685. The molecule has 0 spiro atoms. The second-order valence-electron chi connectivity index (χ2n) is 5.97. The Morgan fingerprint density at radius 3 is 2.48 bits per heavy atom. The summed E-state index contributed by atoms with van der Waals surface area (Å²) in [4.78, 5) is 12.6. The second-order valence-corrected chi connectivity index (χ2v) is 7.28. The van der Waals surface area contributed by atoms with Crippen molar-refractivity contribution >= 4 is 17.7 Å². The molecule has 140 valence electrons. The predicted octanol–water partition coefficient (Wildman–Crippen LogP) is 3.03. The number of rotatable bonds is 7. The molecule has 3 rings (SSSR count). The van der Waals surface area contributed by atoms with Crippen molar-refractivity contribution in [1.29, 1.82) is 0 Å². The first-order valence-electron chi connectivity index (χ1n) is 8.53. The number of ether oxygens (including phenoxy) is 1. The van der Waals surface area contributed by atoms with Gasteiger partial charge in [0.15, 0.2) is 0 Å². The van der Waals surface area contributed by atoms with Gasteiger partial charge in [-0.2, -0.15) is 4.68 Å². The number of amides is 1. The highest BCUT2D eigenvalue weighted by molar-refractivity contribution is 8.00. The zero-order valence-electron chi connectivity index (χ0n) is 15.4. The van der Waals surface area contributed by atoms with Crippen molar-refractivity contribution in [2.75, 3.05) is 7.11 Å². The van der Waals surface area contributed by atoms with Crippen LogP contribution >= 0.6 is 11.8 Å². The number of aromatic nitrogens is 4. The van der Waals surface area contributed by atoms with Gasteiger partial charge in [-0.05, 0) is 54.1 Å². The molecule has 2 unspecified atom stereocenters. The number of hydrogen-bond donors (Lipinski definition) is 1. The summed E-state index contributed by atoms with van der Waals surface area (Å²) in [5.41, 5.74) is 1.86. The number of tetrazole rings is 1. The van der Waals surface area contributed by atoms with E-state index >= 15 is 0 Å². The number of methoxy groups -OCH3 is 1. The monoisotopic (exact) mass is 383 g/mol. The molecule has 0 bridgehead atoms. The van der Waals surface area contributed by atoms with Crippen molar-refractivity contribution < 1.29 is 9.53 Å². The fraction of sp³-hybridized carbons (Fsp3) is 0.263. The first-order valence-corrected chi connectivity index (χ1v) is 9.41. The molecule has 1 N–H and O–H groups in total. The maximum Gasteiger partial charge on any atom is 0.233 e. The van der Waals surface area contributed by atoms with Crippen LogP contribution < -0.4 is 10.1 Å². The fourth-order valence-corrected chi connectivity index (χ4v) is 3.32. The number of nitrogens with one attached hydrogen (secondary N) is 1. The molecule has 1 amide bonds. The van der Waals surface area contributed by atoms with Gasteiger partial charge in [-0.3, -0.25) is 4.79 Å². The van der Waals surface area contributed by atoms with Gasteiger partial charge < -0.3 is 10.1 Å². The van der Waals surface area contributed by atoms with E-state index in [0.29, 0.717) is 5.16 Å². The van der Waals surface area contributed by atoms with E-state index in [4.69, 9.17) is 4.74 Å². The van der Waals surface area contributed by atoms with E-state index < -0.39 is 0 Å². The number of carbonyl (C=O) groups excluding carboxylic acids is 1. The van der Waals surface area contributed by atoms with Crippen LogP contribution in [-0.4, -0.2) is 38.5 Å². The van der Waals surface area contributed by atoms with Crippen molar-refractivity contribution in [3.63, 3.8) is 0 Å². The van der Waals surface area contributed by atoms with Crippen LogP contribution in [0.3, 0.4) is 0 Å². The molecular weight excluding hydrogens is 362 g/mol. The van der Waals surface area contributed by atoms with Gasteiger partial charge in [-0.1, -0.05) is 42.1 Å². The molecular formula is C19H21N5O2S. The summed E-state index contributed by atoms with van der Waals surface area (Å²) in [6.45, 7) is 3.80. The summed E-state index contributed by atoms with van der Waals surface area (Å²) in [7, 11) is 1.62. The third kappa shape index (κ3) is 4.65. The molecule has 1 heterocycles. The Balaban J connectivity index is 1.66. The summed E-state index contributed by atoms with van der Waals surface area (Å²) < 4.78 is 6.77. The normalized spacial score (nSPS) is 13.0. The number of thioether (sulfide) groups is 1. The Hall–Kier alpha value is -2.87. The molecule has 2 atom stereocenters. The van der Waals surface area contributed by atoms with Crippen LogP contribution in [-0.2, 0) is 4.79 Å². The largest absolute Gasteiger partial charge is 0.497 e. The molecule has 3 aromatic rings. The Morgan fingerprint density at radius 1 is 1.11 bits per heavy atom. The minimum Gasteiger partial charge on any atom is -0.497 e. The molecule has 27 heavy (non-hydrogen) atoms. The molecule has 0 saturated heterocycles. The number of nitrogens with zero attached hydrogens (tertiary/aromatic N) is 4. The highest BCUT2D eigenvalue weighted by atomic mass is 32.2. The quantitative estimate of drug-likeness (QED) is 0.632. The lowest BCUT2D eigenvalue weighted by Gasteiger charge is -2.17. The van der Waals surface area contributed by atoms with Crippen molar-refractivity contribution in [2.24, 2.45) is 0 Å². The highest BCUT2D eigenvalue weighted by Gasteiger charge is 2.21. The van der Waals surface area contributed by atoms with Gasteiger partial charge in [0, 0.05) is 0 Å². The summed E-state index contributed by atoms with van der Waals surface area (Å²) >= 11 is 1.31. The van der Waals surface area contributed by atoms with E-state index in [1.165, 1.54) is 11.8 Å². The summed E-state index contributed by atoms with van der Waals surface area (Å²) in [6.07, 6.45) is 0. The molecule has 0 aliphatic carbocycles. The average Bonchev–Trinajstić information content (AvgIpc) is 3.16. The molecule has 0 saturated carbocycles. The van der Waals surface area contributed by atoms with E-state index in [9.17, 15) is 4.79 Å². The first-order chi connectivity index (χ1) is 13.1. The van der Waals surface area contributed by atoms with Gasteiger partial charge in [0.25, 0.3) is 0 Å². The molecule has 2 aromatic carbocycles. The van der Waals surface area contributed by atoms with Gasteiger partial charge in [0.2, 0.25) is 11.1 Å². The van der Waals surface area contributed by atoms with Crippen LogP contribution in [0.15, 0.2) is 59.8 Å². The molecule has 0 radical (unpaired) electrons. The zero-order chi connectivity index (χ0) is 19.2. The SMILES string of the molecule is COc1ccc(-n2nnnc2SC(C)C(=O)NC(C)c2ccccc2)cc1. The lowest BCUT2D eigenvalue weighted by atomic mass is 10.1. The standard InChI is InChI=1S/C19H21N5O2S/c1-13(15-7-5-4-6-8-15)20-18(25)14(2)27-19-21-22-23-24(19)16-9-11-17(26-3)12-10-16/h4-14H,1-3H3,(H,20,25). The van der Waals surface area contributed by atoms with Gasteiger partial charge in [0.05, 0.1) is 24.1 Å². The maximum absolute atomic E-state index is 12.6. The van der Waals surface area contributed by atoms with Gasteiger partial charge in [-0.25, -0.2) is 0 Å². The van der Waals surface area contributed by atoms with Gasteiger partial charge >= 0.3 is 0 Å². The van der Waals surface area contributed by atoms with Gasteiger partial charge in [-0.15, -0.1) is 5.10 Å². The number of benzene rings is 2. The Kier molecular flexibility index (Phi) is 6.08. The number of hydrogen-bond acceptors (Lipinski definition) is 6. The number of carbonyl (C=O) groups is 1. The fourth-order valence-electron chi connectivity index (χ4n) is 2.51. The minimum atomic E-state index is -0.348. The Morgan fingerprint density at radius 2 is 1.81 bits per heavy atom. The van der Waals surface area contributed by atoms with E-state index in [0.717, 1.165) is 17.0 Å². The Labute approximate surface area is 162 Å². The van der Waals surface area contributed by atoms with E-state index in [2.05, 4.69) is 20.8 Å². The summed E-state index contributed by atoms with van der Waals surface area (Å²) in [6, 6.07) is 17.2. The van der Waals surface area contributed by atoms with E-state index in [-0.39, 0.29) is 17.2 Å². The molecule has 1 aromatic heterocycles. The summed E-state index contributed by atoms with van der Waals surface area (Å²) in [5, 5.41) is 15.0. The lowest BCUT2D eigenvalue weighted by Crippen LogP contribution is -2.33. The highest BCUT2D eigenvalue weighted by Crippen LogP contribution is 2.24. The maximum atomic E-state index is 12.6. The topological polar surface area (TPSA) is 81.9 Å². The molecule has 0 aliphatic rings. The molecule has 8 heteroatoms. The van der Waals surface area contributed by atoms with E-state index in [1.807, 2.05) is 68.4 Å². The smallest absolute Gasteiger partial charge is 0.233 e.